The fraction of sp³-hybridized carbons (Fsp3) is 0. The van der Waals surface area contributed by atoms with Crippen LogP contribution in [0.5, 0.6) is 17.2 Å². The number of phenols is 3. The molecule has 0 radical (unpaired) electrons. The topological polar surface area (TPSA) is 89.8 Å². The van der Waals surface area contributed by atoms with Gasteiger partial charge in [-0.1, -0.05) is 23.2 Å². The predicted octanol–water partition coefficient (Wildman–Crippen LogP) is 3.36. The lowest BCUT2D eigenvalue weighted by molar-refractivity contribution is 0.102. The van der Waals surface area contributed by atoms with Gasteiger partial charge in [-0.2, -0.15) is 0 Å². The molecule has 0 aromatic heterocycles. The van der Waals surface area contributed by atoms with E-state index in [9.17, 15) is 20.1 Å². The zero-order chi connectivity index (χ0) is 14.9. The van der Waals surface area contributed by atoms with Gasteiger partial charge in [-0.25, -0.2) is 0 Å². The first-order valence-corrected chi connectivity index (χ1v) is 6.15. The van der Waals surface area contributed by atoms with Gasteiger partial charge in [-0.15, -0.1) is 0 Å². The maximum atomic E-state index is 12.0. The van der Waals surface area contributed by atoms with E-state index < -0.39 is 5.91 Å². The number of nitrogens with one attached hydrogen (secondary N) is 1. The van der Waals surface area contributed by atoms with E-state index in [1.54, 1.807) is 0 Å². The number of carbonyl (C=O) groups is 1. The van der Waals surface area contributed by atoms with Gasteiger partial charge in [0.1, 0.15) is 11.5 Å². The van der Waals surface area contributed by atoms with Gasteiger partial charge < -0.3 is 20.6 Å². The Hall–Kier alpha value is -2.11. The van der Waals surface area contributed by atoms with Crippen molar-refractivity contribution in [2.45, 2.75) is 0 Å². The molecule has 0 heterocycles. The van der Waals surface area contributed by atoms with E-state index in [0.29, 0.717) is 0 Å². The van der Waals surface area contributed by atoms with Gasteiger partial charge in [0.2, 0.25) is 0 Å². The monoisotopic (exact) mass is 313 g/mol. The van der Waals surface area contributed by atoms with E-state index >= 15 is 0 Å². The standard InChI is InChI=1S/C13H9Cl2NO4/c14-9-3-6(4-10(15)12(9)19)16-13(20)8-5-7(17)1-2-11(8)18/h1-5,17-19H,(H,16,20). The quantitative estimate of drug-likeness (QED) is 0.640. The third kappa shape index (κ3) is 2.89. The Bertz CT molecular complexity index is 665. The van der Waals surface area contributed by atoms with Crippen molar-refractivity contribution < 1.29 is 20.1 Å². The molecule has 2 aromatic rings. The van der Waals surface area contributed by atoms with Crippen molar-refractivity contribution in [3.8, 4) is 17.2 Å². The van der Waals surface area contributed by atoms with Crippen molar-refractivity contribution in [3.63, 3.8) is 0 Å². The molecule has 0 aliphatic carbocycles. The molecule has 4 N–H and O–H groups in total. The Morgan fingerprint density at radius 2 is 1.60 bits per heavy atom. The molecular formula is C13H9Cl2NO4. The van der Waals surface area contributed by atoms with Crippen LogP contribution in [0.3, 0.4) is 0 Å². The van der Waals surface area contributed by atoms with E-state index in [1.807, 2.05) is 0 Å². The lowest BCUT2D eigenvalue weighted by Crippen LogP contribution is -2.12. The van der Waals surface area contributed by atoms with E-state index in [0.717, 1.165) is 6.07 Å². The molecule has 0 atom stereocenters. The highest BCUT2D eigenvalue weighted by Crippen LogP contribution is 2.35. The molecule has 0 saturated carbocycles. The lowest BCUT2D eigenvalue weighted by Gasteiger charge is -2.09. The normalized spacial score (nSPS) is 10.3. The number of benzene rings is 2. The number of phenolic OH excluding ortho intramolecular Hbond substituents is 3. The molecule has 0 bridgehead atoms. The Morgan fingerprint density at radius 3 is 2.20 bits per heavy atom. The average molecular weight is 314 g/mol. The second-order valence-corrected chi connectivity index (χ2v) is 4.76. The zero-order valence-electron chi connectivity index (χ0n) is 9.89. The fourth-order valence-electron chi connectivity index (χ4n) is 1.54. The van der Waals surface area contributed by atoms with Gasteiger partial charge in [0, 0.05) is 5.69 Å². The van der Waals surface area contributed by atoms with Gasteiger partial charge in [-0.3, -0.25) is 4.79 Å². The molecule has 2 rings (SSSR count). The molecular weight excluding hydrogens is 305 g/mol. The number of hydrogen-bond acceptors (Lipinski definition) is 4. The van der Waals surface area contributed by atoms with Crippen LogP contribution in [0, 0.1) is 0 Å². The Kier molecular flexibility index (Phi) is 3.92. The third-order valence-corrected chi connectivity index (χ3v) is 3.08. The van der Waals surface area contributed by atoms with Crippen LogP contribution in [0.2, 0.25) is 10.0 Å². The van der Waals surface area contributed by atoms with Gasteiger partial charge in [-0.05, 0) is 30.3 Å². The maximum Gasteiger partial charge on any atom is 0.259 e. The van der Waals surface area contributed by atoms with Crippen LogP contribution in [0.15, 0.2) is 30.3 Å². The first-order chi connectivity index (χ1) is 9.38. The van der Waals surface area contributed by atoms with Crippen molar-refractivity contribution in [1.82, 2.24) is 0 Å². The van der Waals surface area contributed by atoms with Crippen molar-refractivity contribution in [3.05, 3.63) is 45.9 Å². The average Bonchev–Trinajstić information content (AvgIpc) is 2.38. The molecule has 0 unspecified atom stereocenters. The van der Waals surface area contributed by atoms with Crippen LogP contribution in [-0.4, -0.2) is 21.2 Å². The summed E-state index contributed by atoms with van der Waals surface area (Å²) in [5.74, 6) is -1.38. The molecule has 1 amide bonds. The highest BCUT2D eigenvalue weighted by molar-refractivity contribution is 6.37. The molecule has 104 valence electrons. The van der Waals surface area contributed by atoms with E-state index in [4.69, 9.17) is 23.2 Å². The summed E-state index contributed by atoms with van der Waals surface area (Å²) in [6, 6.07) is 6.18. The summed E-state index contributed by atoms with van der Waals surface area (Å²) in [5.41, 5.74) is 0.135. The van der Waals surface area contributed by atoms with Crippen molar-refractivity contribution >= 4 is 34.8 Å². The number of amides is 1. The zero-order valence-corrected chi connectivity index (χ0v) is 11.4. The van der Waals surface area contributed by atoms with Crippen LogP contribution in [0.25, 0.3) is 0 Å². The summed E-state index contributed by atoms with van der Waals surface area (Å²) in [5, 5.41) is 30.7. The van der Waals surface area contributed by atoms with Crippen molar-refractivity contribution in [1.29, 1.82) is 0 Å². The second-order valence-electron chi connectivity index (χ2n) is 3.94. The molecule has 0 saturated heterocycles. The van der Waals surface area contributed by atoms with Gasteiger partial charge in [0.15, 0.2) is 5.75 Å². The molecule has 5 nitrogen and oxygen atoms in total. The minimum Gasteiger partial charge on any atom is -0.508 e. The van der Waals surface area contributed by atoms with E-state index in [2.05, 4.69) is 5.32 Å². The molecule has 20 heavy (non-hydrogen) atoms. The Balaban J connectivity index is 2.30. The van der Waals surface area contributed by atoms with E-state index in [1.165, 1.54) is 24.3 Å². The summed E-state index contributed by atoms with van der Waals surface area (Å²) in [7, 11) is 0. The van der Waals surface area contributed by atoms with Gasteiger partial charge >= 0.3 is 0 Å². The van der Waals surface area contributed by atoms with Gasteiger partial charge in [0.25, 0.3) is 5.91 Å². The minimum absolute atomic E-state index is 0.0204. The first-order valence-electron chi connectivity index (χ1n) is 5.40. The van der Waals surface area contributed by atoms with Crippen molar-refractivity contribution in [2.24, 2.45) is 0 Å². The number of aromatic hydroxyl groups is 3. The lowest BCUT2D eigenvalue weighted by atomic mass is 10.1. The summed E-state index contributed by atoms with van der Waals surface area (Å²) < 4.78 is 0. The Labute approximate surface area is 124 Å². The third-order valence-electron chi connectivity index (χ3n) is 2.50. The Morgan fingerprint density at radius 1 is 1.00 bits per heavy atom. The number of hydrogen-bond donors (Lipinski definition) is 4. The number of halogens is 2. The number of rotatable bonds is 2. The maximum absolute atomic E-state index is 12.0. The van der Waals surface area contributed by atoms with Gasteiger partial charge in [0.05, 0.1) is 15.6 Å². The largest absolute Gasteiger partial charge is 0.508 e. The van der Waals surface area contributed by atoms with E-state index in [-0.39, 0.29) is 38.5 Å². The van der Waals surface area contributed by atoms with Crippen LogP contribution in [0.1, 0.15) is 10.4 Å². The number of carbonyl (C=O) groups excluding carboxylic acids is 1. The smallest absolute Gasteiger partial charge is 0.259 e. The molecule has 7 heteroatoms. The van der Waals surface area contributed by atoms with Crippen molar-refractivity contribution in [2.75, 3.05) is 5.32 Å². The molecule has 0 fully saturated rings. The second kappa shape index (κ2) is 5.48. The molecule has 0 spiro atoms. The predicted molar refractivity (Wildman–Crippen MR) is 75.9 cm³/mol. The highest BCUT2D eigenvalue weighted by Gasteiger charge is 2.14. The molecule has 0 aliphatic rings. The number of anilines is 1. The van der Waals surface area contributed by atoms with Crippen LogP contribution in [0.4, 0.5) is 5.69 Å². The summed E-state index contributed by atoms with van der Waals surface area (Å²) in [6.07, 6.45) is 0. The summed E-state index contributed by atoms with van der Waals surface area (Å²) >= 11 is 11.5. The van der Waals surface area contributed by atoms with Crippen LogP contribution in [-0.2, 0) is 0 Å². The fourth-order valence-corrected chi connectivity index (χ4v) is 2.03. The van der Waals surface area contributed by atoms with Crippen LogP contribution >= 0.6 is 23.2 Å². The summed E-state index contributed by atoms with van der Waals surface area (Å²) in [4.78, 5) is 12.0. The summed E-state index contributed by atoms with van der Waals surface area (Å²) in [6.45, 7) is 0. The SMILES string of the molecule is O=C(Nc1cc(Cl)c(O)c(Cl)c1)c1cc(O)ccc1O. The first kappa shape index (κ1) is 14.3. The molecule has 2 aromatic carbocycles. The minimum atomic E-state index is -0.656. The van der Waals surface area contributed by atoms with Crippen LogP contribution < -0.4 is 5.32 Å². The molecule has 0 aliphatic heterocycles. The highest BCUT2D eigenvalue weighted by atomic mass is 35.5.